The molecule has 14 heavy (non-hydrogen) atoms. The summed E-state index contributed by atoms with van der Waals surface area (Å²) < 4.78 is 4.97. The van der Waals surface area contributed by atoms with Crippen LogP contribution in [0.1, 0.15) is 12.5 Å². The molecule has 1 aromatic rings. The minimum Gasteiger partial charge on any atom is -0.504 e. The second kappa shape index (κ2) is 4.83. The SMILES string of the molecule is COc1cc(C[C@H](C)NO)ccc1O. The van der Waals surface area contributed by atoms with Gasteiger partial charge in [0.2, 0.25) is 0 Å². The number of methoxy groups -OCH3 is 1. The van der Waals surface area contributed by atoms with Crippen LogP contribution in [0.3, 0.4) is 0 Å². The van der Waals surface area contributed by atoms with Crippen LogP contribution in [0, 0.1) is 0 Å². The third-order valence-corrected chi connectivity index (χ3v) is 2.01. The molecule has 0 unspecified atom stereocenters. The van der Waals surface area contributed by atoms with E-state index in [-0.39, 0.29) is 11.8 Å². The number of phenols is 1. The fourth-order valence-electron chi connectivity index (χ4n) is 1.25. The van der Waals surface area contributed by atoms with Crippen LogP contribution in [0.4, 0.5) is 0 Å². The van der Waals surface area contributed by atoms with Crippen LogP contribution in [0.5, 0.6) is 11.5 Å². The lowest BCUT2D eigenvalue weighted by Gasteiger charge is -2.10. The fraction of sp³-hybridized carbons (Fsp3) is 0.400. The van der Waals surface area contributed by atoms with E-state index in [1.807, 2.05) is 6.92 Å². The number of ether oxygens (including phenoxy) is 1. The molecule has 0 spiro atoms. The summed E-state index contributed by atoms with van der Waals surface area (Å²) in [6.45, 7) is 1.86. The van der Waals surface area contributed by atoms with Crippen molar-refractivity contribution in [3.05, 3.63) is 23.8 Å². The average Bonchev–Trinajstić information content (AvgIpc) is 2.20. The smallest absolute Gasteiger partial charge is 0.160 e. The highest BCUT2D eigenvalue weighted by molar-refractivity contribution is 5.41. The van der Waals surface area contributed by atoms with Crippen molar-refractivity contribution in [2.24, 2.45) is 0 Å². The molecule has 0 radical (unpaired) electrons. The van der Waals surface area contributed by atoms with Gasteiger partial charge in [0.05, 0.1) is 7.11 Å². The van der Waals surface area contributed by atoms with Crippen molar-refractivity contribution in [3.8, 4) is 11.5 Å². The summed E-state index contributed by atoms with van der Waals surface area (Å²) in [6, 6.07) is 5.11. The lowest BCUT2D eigenvalue weighted by molar-refractivity contribution is 0.133. The number of hydroxylamine groups is 1. The minimum atomic E-state index is -0.0238. The summed E-state index contributed by atoms with van der Waals surface area (Å²) in [4.78, 5) is 0. The first-order chi connectivity index (χ1) is 6.67. The van der Waals surface area contributed by atoms with E-state index in [1.165, 1.54) is 7.11 Å². The predicted octanol–water partition coefficient (Wildman–Crippen LogP) is 1.31. The van der Waals surface area contributed by atoms with Crippen molar-refractivity contribution in [3.63, 3.8) is 0 Å². The van der Waals surface area contributed by atoms with E-state index in [2.05, 4.69) is 5.48 Å². The molecule has 78 valence electrons. The average molecular weight is 197 g/mol. The van der Waals surface area contributed by atoms with Gasteiger partial charge in [-0.05, 0) is 31.0 Å². The minimum absolute atomic E-state index is 0.0238. The molecule has 4 nitrogen and oxygen atoms in total. The molecule has 0 aromatic heterocycles. The van der Waals surface area contributed by atoms with Crippen molar-refractivity contribution >= 4 is 0 Å². The molecule has 3 N–H and O–H groups in total. The summed E-state index contributed by atoms with van der Waals surface area (Å²) >= 11 is 0. The lowest BCUT2D eigenvalue weighted by atomic mass is 10.1. The summed E-state index contributed by atoms with van der Waals surface area (Å²) in [6.07, 6.45) is 0.674. The Labute approximate surface area is 83.1 Å². The molecule has 0 saturated carbocycles. The Kier molecular flexibility index (Phi) is 3.73. The van der Waals surface area contributed by atoms with Crippen LogP contribution < -0.4 is 10.2 Å². The topological polar surface area (TPSA) is 61.7 Å². The molecule has 0 fully saturated rings. The van der Waals surface area contributed by atoms with Gasteiger partial charge in [0.25, 0.3) is 0 Å². The highest BCUT2D eigenvalue weighted by Gasteiger charge is 2.05. The number of benzene rings is 1. The van der Waals surface area contributed by atoms with Crippen LogP contribution in [-0.4, -0.2) is 23.5 Å². The largest absolute Gasteiger partial charge is 0.504 e. The molecule has 0 saturated heterocycles. The third-order valence-electron chi connectivity index (χ3n) is 2.01. The monoisotopic (exact) mass is 197 g/mol. The van der Waals surface area contributed by atoms with E-state index in [0.29, 0.717) is 12.2 Å². The zero-order valence-corrected chi connectivity index (χ0v) is 8.32. The second-order valence-corrected chi connectivity index (χ2v) is 3.24. The predicted molar refractivity (Wildman–Crippen MR) is 52.7 cm³/mol. The van der Waals surface area contributed by atoms with Crippen LogP contribution in [0.15, 0.2) is 18.2 Å². The molecular weight excluding hydrogens is 182 g/mol. The van der Waals surface area contributed by atoms with E-state index in [9.17, 15) is 5.11 Å². The maximum atomic E-state index is 9.34. The summed E-state index contributed by atoms with van der Waals surface area (Å²) in [5, 5.41) is 18.0. The highest BCUT2D eigenvalue weighted by atomic mass is 16.5. The molecule has 1 aromatic carbocycles. The van der Waals surface area contributed by atoms with E-state index in [4.69, 9.17) is 9.94 Å². The van der Waals surface area contributed by atoms with Gasteiger partial charge in [-0.3, -0.25) is 0 Å². The zero-order chi connectivity index (χ0) is 10.6. The van der Waals surface area contributed by atoms with Gasteiger partial charge < -0.3 is 15.1 Å². The van der Waals surface area contributed by atoms with E-state index in [0.717, 1.165) is 5.56 Å². The summed E-state index contributed by atoms with van der Waals surface area (Å²) in [5.74, 6) is 0.577. The van der Waals surface area contributed by atoms with E-state index < -0.39 is 0 Å². The molecule has 0 aliphatic carbocycles. The van der Waals surface area contributed by atoms with Gasteiger partial charge in [-0.15, -0.1) is 0 Å². The first-order valence-electron chi connectivity index (χ1n) is 4.43. The van der Waals surface area contributed by atoms with E-state index >= 15 is 0 Å². The van der Waals surface area contributed by atoms with Gasteiger partial charge in [0.1, 0.15) is 0 Å². The van der Waals surface area contributed by atoms with Crippen LogP contribution in [-0.2, 0) is 6.42 Å². The van der Waals surface area contributed by atoms with Gasteiger partial charge in [-0.2, -0.15) is 0 Å². The molecule has 0 bridgehead atoms. The molecule has 4 heteroatoms. The first kappa shape index (κ1) is 10.8. The molecule has 0 amide bonds. The molecule has 0 aliphatic rings. The highest BCUT2D eigenvalue weighted by Crippen LogP contribution is 2.26. The van der Waals surface area contributed by atoms with Gasteiger partial charge in [0, 0.05) is 6.04 Å². The number of phenolic OH excluding ortho intramolecular Hbond substituents is 1. The van der Waals surface area contributed by atoms with Crippen LogP contribution >= 0.6 is 0 Å². The number of hydrogen-bond acceptors (Lipinski definition) is 4. The normalized spacial score (nSPS) is 12.5. The van der Waals surface area contributed by atoms with Crippen molar-refractivity contribution in [1.82, 2.24) is 5.48 Å². The van der Waals surface area contributed by atoms with Crippen LogP contribution in [0.2, 0.25) is 0 Å². The Bertz CT molecular complexity index is 301. The molecule has 1 rings (SSSR count). The molecule has 1 atom stereocenters. The van der Waals surface area contributed by atoms with Crippen molar-refractivity contribution < 1.29 is 15.1 Å². The maximum absolute atomic E-state index is 9.34. The van der Waals surface area contributed by atoms with Crippen LogP contribution in [0.25, 0.3) is 0 Å². The van der Waals surface area contributed by atoms with E-state index in [1.54, 1.807) is 18.2 Å². The van der Waals surface area contributed by atoms with Gasteiger partial charge in [0.15, 0.2) is 11.5 Å². The quantitative estimate of drug-likeness (QED) is 0.637. The molecule has 0 heterocycles. The van der Waals surface area contributed by atoms with Gasteiger partial charge in [-0.1, -0.05) is 6.07 Å². The maximum Gasteiger partial charge on any atom is 0.160 e. The third kappa shape index (κ3) is 2.61. The number of aromatic hydroxyl groups is 1. The first-order valence-corrected chi connectivity index (χ1v) is 4.43. The standard InChI is InChI=1S/C10H15NO3/c1-7(11-13)5-8-3-4-9(12)10(6-8)14-2/h3-4,6-7,11-13H,5H2,1-2H3/t7-/m0/s1. The Morgan fingerprint density at radius 1 is 1.50 bits per heavy atom. The molecular formula is C10H15NO3. The second-order valence-electron chi connectivity index (χ2n) is 3.24. The number of rotatable bonds is 4. The van der Waals surface area contributed by atoms with Crippen molar-refractivity contribution in [2.45, 2.75) is 19.4 Å². The number of hydrogen-bond donors (Lipinski definition) is 3. The molecule has 0 aliphatic heterocycles. The Morgan fingerprint density at radius 2 is 2.21 bits per heavy atom. The Morgan fingerprint density at radius 3 is 2.79 bits per heavy atom. The fourth-order valence-corrected chi connectivity index (χ4v) is 1.25. The van der Waals surface area contributed by atoms with Gasteiger partial charge >= 0.3 is 0 Å². The lowest BCUT2D eigenvalue weighted by Crippen LogP contribution is -2.24. The summed E-state index contributed by atoms with van der Waals surface area (Å²) in [5.41, 5.74) is 3.16. The number of nitrogens with one attached hydrogen (secondary N) is 1. The Balaban J connectivity index is 2.79. The van der Waals surface area contributed by atoms with Gasteiger partial charge in [-0.25, -0.2) is 5.48 Å². The Hall–Kier alpha value is -1.26. The van der Waals surface area contributed by atoms with Crippen molar-refractivity contribution in [2.75, 3.05) is 7.11 Å². The van der Waals surface area contributed by atoms with Crippen molar-refractivity contribution in [1.29, 1.82) is 0 Å². The zero-order valence-electron chi connectivity index (χ0n) is 8.32. The summed E-state index contributed by atoms with van der Waals surface area (Å²) in [7, 11) is 1.51.